The summed E-state index contributed by atoms with van der Waals surface area (Å²) in [4.78, 5) is 10.9. The molecule has 0 saturated carbocycles. The Hall–Kier alpha value is -1.31. The van der Waals surface area contributed by atoms with Crippen LogP contribution in [0.4, 0.5) is 0 Å². The second kappa shape index (κ2) is 2.74. The standard InChI is InChI=1S/C9H11NO/c1-4-7-5-8(11)10-9(7)6(2)3/h4H,1-2,5H2,3H3,(H,10,11). The van der Waals surface area contributed by atoms with Gasteiger partial charge in [-0.05, 0) is 18.1 Å². The third kappa shape index (κ3) is 1.40. The van der Waals surface area contributed by atoms with Gasteiger partial charge in [0.05, 0.1) is 6.42 Å². The largest absolute Gasteiger partial charge is 0.325 e. The minimum Gasteiger partial charge on any atom is -0.325 e. The van der Waals surface area contributed by atoms with Gasteiger partial charge in [0.1, 0.15) is 0 Å². The van der Waals surface area contributed by atoms with Crippen LogP contribution in [0.25, 0.3) is 0 Å². The molecule has 0 aromatic carbocycles. The smallest absolute Gasteiger partial charge is 0.228 e. The monoisotopic (exact) mass is 149 g/mol. The Labute approximate surface area is 66.3 Å². The van der Waals surface area contributed by atoms with Gasteiger partial charge in [0, 0.05) is 5.70 Å². The number of allylic oxidation sites excluding steroid dienone is 2. The zero-order chi connectivity index (χ0) is 8.43. The Bertz CT molecular complexity index is 261. The van der Waals surface area contributed by atoms with Crippen molar-refractivity contribution in [2.45, 2.75) is 13.3 Å². The van der Waals surface area contributed by atoms with Crippen molar-refractivity contribution in [2.24, 2.45) is 0 Å². The van der Waals surface area contributed by atoms with Gasteiger partial charge in [-0.1, -0.05) is 19.2 Å². The number of hydrogen-bond donors (Lipinski definition) is 1. The summed E-state index contributed by atoms with van der Waals surface area (Å²) in [5.74, 6) is 0.0258. The van der Waals surface area contributed by atoms with E-state index in [0.29, 0.717) is 6.42 Å². The summed E-state index contributed by atoms with van der Waals surface area (Å²) in [6.45, 7) is 9.23. The maximum atomic E-state index is 10.9. The van der Waals surface area contributed by atoms with Crippen molar-refractivity contribution < 1.29 is 4.79 Å². The average Bonchev–Trinajstić information content (AvgIpc) is 2.30. The zero-order valence-corrected chi connectivity index (χ0v) is 6.61. The molecule has 11 heavy (non-hydrogen) atoms. The quantitative estimate of drug-likeness (QED) is 0.633. The fourth-order valence-electron chi connectivity index (χ4n) is 1.08. The molecule has 1 aliphatic rings. The highest BCUT2D eigenvalue weighted by Crippen LogP contribution is 2.19. The first-order chi connectivity index (χ1) is 5.15. The van der Waals surface area contributed by atoms with Gasteiger partial charge in [-0.2, -0.15) is 0 Å². The first kappa shape index (κ1) is 7.79. The number of carbonyl (C=O) groups is 1. The third-order valence-corrected chi connectivity index (χ3v) is 1.61. The molecule has 1 aliphatic heterocycles. The van der Waals surface area contributed by atoms with Crippen LogP contribution < -0.4 is 5.32 Å². The SMILES string of the molecule is C=CC1=C(C(=C)C)NC(=O)C1. The van der Waals surface area contributed by atoms with E-state index < -0.39 is 0 Å². The second-order valence-electron chi connectivity index (χ2n) is 2.61. The lowest BCUT2D eigenvalue weighted by atomic mass is 10.1. The predicted molar refractivity (Wildman–Crippen MR) is 44.8 cm³/mol. The highest BCUT2D eigenvalue weighted by Gasteiger charge is 2.18. The molecule has 1 amide bonds. The van der Waals surface area contributed by atoms with Gasteiger partial charge in [0.15, 0.2) is 0 Å². The summed E-state index contributed by atoms with van der Waals surface area (Å²) in [6.07, 6.45) is 2.13. The maximum absolute atomic E-state index is 10.9. The topological polar surface area (TPSA) is 29.1 Å². The summed E-state index contributed by atoms with van der Waals surface area (Å²) < 4.78 is 0. The molecule has 0 bridgehead atoms. The van der Waals surface area contributed by atoms with Crippen LogP contribution in [0.2, 0.25) is 0 Å². The van der Waals surface area contributed by atoms with Gasteiger partial charge in [-0.3, -0.25) is 4.79 Å². The Balaban J connectivity index is 2.96. The van der Waals surface area contributed by atoms with E-state index in [1.165, 1.54) is 0 Å². The second-order valence-corrected chi connectivity index (χ2v) is 2.61. The number of rotatable bonds is 2. The van der Waals surface area contributed by atoms with Gasteiger partial charge in [-0.15, -0.1) is 0 Å². The summed E-state index contributed by atoms with van der Waals surface area (Å²) in [5, 5.41) is 2.72. The van der Waals surface area contributed by atoms with Gasteiger partial charge in [0.25, 0.3) is 0 Å². The van der Waals surface area contributed by atoms with E-state index in [1.54, 1.807) is 6.08 Å². The highest BCUT2D eigenvalue weighted by molar-refractivity contribution is 5.86. The normalized spacial score (nSPS) is 16.6. The Morgan fingerprint density at radius 3 is 2.73 bits per heavy atom. The molecule has 0 aromatic rings. The molecule has 0 spiro atoms. The van der Waals surface area contributed by atoms with E-state index in [9.17, 15) is 4.79 Å². The van der Waals surface area contributed by atoms with E-state index >= 15 is 0 Å². The Morgan fingerprint density at radius 2 is 2.36 bits per heavy atom. The van der Waals surface area contributed by atoms with Gasteiger partial charge >= 0.3 is 0 Å². The minimum atomic E-state index is 0.0258. The maximum Gasteiger partial charge on any atom is 0.228 e. The van der Waals surface area contributed by atoms with Crippen molar-refractivity contribution in [3.8, 4) is 0 Å². The molecule has 1 N–H and O–H groups in total. The molecule has 0 fully saturated rings. The first-order valence-corrected chi connectivity index (χ1v) is 3.46. The van der Waals surface area contributed by atoms with E-state index in [1.807, 2.05) is 6.92 Å². The molecule has 0 aromatic heterocycles. The number of nitrogens with one attached hydrogen (secondary N) is 1. The summed E-state index contributed by atoms with van der Waals surface area (Å²) in [6, 6.07) is 0. The molecular formula is C9H11NO. The molecule has 2 nitrogen and oxygen atoms in total. The van der Waals surface area contributed by atoms with Gasteiger partial charge in [-0.25, -0.2) is 0 Å². The molecule has 1 heterocycles. The van der Waals surface area contributed by atoms with Crippen LogP contribution in [-0.2, 0) is 4.79 Å². The molecule has 0 unspecified atom stereocenters. The predicted octanol–water partition coefficient (Wildman–Crippen LogP) is 1.52. The molecule has 0 radical (unpaired) electrons. The van der Waals surface area contributed by atoms with Crippen molar-refractivity contribution >= 4 is 5.91 Å². The van der Waals surface area contributed by atoms with Crippen LogP contribution in [0.3, 0.4) is 0 Å². The highest BCUT2D eigenvalue weighted by atomic mass is 16.1. The summed E-state index contributed by atoms with van der Waals surface area (Å²) >= 11 is 0. The first-order valence-electron chi connectivity index (χ1n) is 3.46. The molecular weight excluding hydrogens is 138 g/mol. The molecule has 1 rings (SSSR count). The fraction of sp³-hybridized carbons (Fsp3) is 0.222. The molecule has 2 heteroatoms. The summed E-state index contributed by atoms with van der Waals surface area (Å²) in [5.41, 5.74) is 2.67. The average molecular weight is 149 g/mol. The number of hydrogen-bond acceptors (Lipinski definition) is 1. The molecule has 0 atom stereocenters. The van der Waals surface area contributed by atoms with Crippen molar-refractivity contribution in [1.29, 1.82) is 0 Å². The van der Waals surface area contributed by atoms with Crippen LogP contribution in [0.15, 0.2) is 36.1 Å². The lowest BCUT2D eigenvalue weighted by Crippen LogP contribution is -2.15. The molecule has 0 saturated heterocycles. The van der Waals surface area contributed by atoms with Crippen molar-refractivity contribution in [1.82, 2.24) is 5.32 Å². The van der Waals surface area contributed by atoms with E-state index in [0.717, 1.165) is 16.8 Å². The zero-order valence-electron chi connectivity index (χ0n) is 6.61. The minimum absolute atomic E-state index is 0.0258. The van der Waals surface area contributed by atoms with E-state index in [4.69, 9.17) is 0 Å². The molecule has 58 valence electrons. The number of carbonyl (C=O) groups excluding carboxylic acids is 1. The lowest BCUT2D eigenvalue weighted by molar-refractivity contribution is -0.118. The van der Waals surface area contributed by atoms with Crippen LogP contribution in [-0.4, -0.2) is 5.91 Å². The van der Waals surface area contributed by atoms with E-state index in [2.05, 4.69) is 18.5 Å². The lowest BCUT2D eigenvalue weighted by Gasteiger charge is -2.01. The van der Waals surface area contributed by atoms with Crippen molar-refractivity contribution in [2.75, 3.05) is 0 Å². The Morgan fingerprint density at radius 1 is 1.73 bits per heavy atom. The van der Waals surface area contributed by atoms with Crippen LogP contribution >= 0.6 is 0 Å². The third-order valence-electron chi connectivity index (χ3n) is 1.61. The summed E-state index contributed by atoms with van der Waals surface area (Å²) in [7, 11) is 0. The Kier molecular flexibility index (Phi) is 1.94. The van der Waals surface area contributed by atoms with Gasteiger partial charge in [0.2, 0.25) is 5.91 Å². The van der Waals surface area contributed by atoms with Crippen molar-refractivity contribution in [3.05, 3.63) is 36.1 Å². The number of amides is 1. The fourth-order valence-corrected chi connectivity index (χ4v) is 1.08. The van der Waals surface area contributed by atoms with Crippen molar-refractivity contribution in [3.63, 3.8) is 0 Å². The van der Waals surface area contributed by atoms with Crippen LogP contribution in [0.1, 0.15) is 13.3 Å². The molecule has 0 aliphatic carbocycles. The van der Waals surface area contributed by atoms with E-state index in [-0.39, 0.29) is 5.91 Å². The van der Waals surface area contributed by atoms with Gasteiger partial charge < -0.3 is 5.32 Å². The van der Waals surface area contributed by atoms with Crippen LogP contribution in [0, 0.1) is 0 Å². The van der Waals surface area contributed by atoms with Crippen LogP contribution in [0.5, 0.6) is 0 Å².